The number of anilines is 1. The zero-order valence-electron chi connectivity index (χ0n) is 12.4. The number of thioether (sulfide) groups is 1. The van der Waals surface area contributed by atoms with Crippen LogP contribution in [0.4, 0.5) is 5.13 Å². The Morgan fingerprint density at radius 1 is 1.41 bits per heavy atom. The van der Waals surface area contributed by atoms with Crippen LogP contribution in [0.3, 0.4) is 0 Å². The van der Waals surface area contributed by atoms with Crippen LogP contribution in [0.2, 0.25) is 0 Å². The number of aryl methyl sites for hydroxylation is 1. The Kier molecular flexibility index (Phi) is 4.66. The van der Waals surface area contributed by atoms with Gasteiger partial charge < -0.3 is 10.1 Å². The average Bonchev–Trinajstić information content (AvgIpc) is 3.17. The summed E-state index contributed by atoms with van der Waals surface area (Å²) >= 11 is 3.23. The topological polar surface area (TPSA) is 63.2 Å². The van der Waals surface area contributed by atoms with Crippen molar-refractivity contribution in [1.29, 1.82) is 0 Å². The van der Waals surface area contributed by atoms with Gasteiger partial charge in [0.05, 0.1) is 18.8 Å². The molecule has 0 aliphatic carbocycles. The van der Waals surface area contributed by atoms with E-state index in [0.29, 0.717) is 5.13 Å². The molecule has 0 radical (unpaired) electrons. The van der Waals surface area contributed by atoms with Crippen LogP contribution in [0, 0.1) is 6.92 Å². The van der Waals surface area contributed by atoms with E-state index in [1.165, 1.54) is 11.3 Å². The molecule has 1 saturated heterocycles. The van der Waals surface area contributed by atoms with Gasteiger partial charge in [0.25, 0.3) is 0 Å². The quantitative estimate of drug-likeness (QED) is 0.899. The Morgan fingerprint density at radius 3 is 2.82 bits per heavy atom. The van der Waals surface area contributed by atoms with Crippen LogP contribution in [0.25, 0.3) is 11.3 Å². The lowest BCUT2D eigenvalue weighted by Crippen LogP contribution is -2.37. The Labute approximate surface area is 137 Å². The van der Waals surface area contributed by atoms with Crippen molar-refractivity contribution in [1.82, 2.24) is 10.3 Å². The minimum atomic E-state index is -0.126. The van der Waals surface area contributed by atoms with Crippen molar-refractivity contribution >= 4 is 34.1 Å². The second-order valence-corrected chi connectivity index (χ2v) is 7.15. The smallest absolute Gasteiger partial charge is 0.244 e. The molecule has 3 rings (SSSR count). The fourth-order valence-electron chi connectivity index (χ4n) is 2.22. The number of nitrogens with one attached hydrogen (secondary N) is 2. The van der Waals surface area contributed by atoms with E-state index >= 15 is 0 Å². The van der Waals surface area contributed by atoms with Gasteiger partial charge in [0.15, 0.2) is 5.13 Å². The monoisotopic (exact) mass is 335 g/mol. The maximum atomic E-state index is 12.1. The van der Waals surface area contributed by atoms with Gasteiger partial charge in [-0.25, -0.2) is 4.98 Å². The van der Waals surface area contributed by atoms with Crippen molar-refractivity contribution in [2.75, 3.05) is 24.1 Å². The van der Waals surface area contributed by atoms with Crippen LogP contribution < -0.4 is 15.4 Å². The highest BCUT2D eigenvalue weighted by Crippen LogP contribution is 2.31. The fourth-order valence-corrected chi connectivity index (χ4v) is 4.00. The second kappa shape index (κ2) is 6.68. The molecule has 1 aromatic carbocycles. The van der Waals surface area contributed by atoms with Crippen molar-refractivity contribution in [2.24, 2.45) is 0 Å². The molecule has 1 aliphatic rings. The summed E-state index contributed by atoms with van der Waals surface area (Å²) in [5, 5.41) is 6.71. The zero-order chi connectivity index (χ0) is 15.5. The van der Waals surface area contributed by atoms with Crippen LogP contribution in [-0.2, 0) is 4.79 Å². The molecule has 1 atom stereocenters. The van der Waals surface area contributed by atoms with E-state index in [9.17, 15) is 4.79 Å². The summed E-state index contributed by atoms with van der Waals surface area (Å²) in [5.41, 5.74) is 1.92. The molecule has 2 N–H and O–H groups in total. The summed E-state index contributed by atoms with van der Waals surface area (Å²) < 4.78 is 5.17. The predicted octanol–water partition coefficient (Wildman–Crippen LogP) is 2.73. The van der Waals surface area contributed by atoms with Crippen LogP contribution in [-0.4, -0.2) is 35.7 Å². The second-order valence-electron chi connectivity index (χ2n) is 4.91. The minimum absolute atomic E-state index is 0.0139. The first-order valence-electron chi connectivity index (χ1n) is 6.91. The molecule has 0 spiro atoms. The van der Waals surface area contributed by atoms with Gasteiger partial charge in [-0.05, 0) is 31.2 Å². The van der Waals surface area contributed by atoms with E-state index in [0.717, 1.165) is 33.5 Å². The van der Waals surface area contributed by atoms with Gasteiger partial charge in [0.2, 0.25) is 5.91 Å². The summed E-state index contributed by atoms with van der Waals surface area (Å²) in [6.45, 7) is 2.01. The number of ether oxygens (including phenoxy) is 1. The number of hydrogen-bond donors (Lipinski definition) is 2. The number of thiazole rings is 1. The Morgan fingerprint density at radius 2 is 2.18 bits per heavy atom. The molecule has 1 unspecified atom stereocenters. The first kappa shape index (κ1) is 15.3. The maximum Gasteiger partial charge on any atom is 0.244 e. The van der Waals surface area contributed by atoms with E-state index in [2.05, 4.69) is 15.6 Å². The van der Waals surface area contributed by atoms with Gasteiger partial charge >= 0.3 is 0 Å². The first-order chi connectivity index (χ1) is 10.7. The SMILES string of the molecule is COc1ccc(-c2nc(NC(=O)C3CSCN3)sc2C)cc1. The highest BCUT2D eigenvalue weighted by atomic mass is 32.2. The standard InChI is InChI=1S/C15H17N3O2S2/c1-9-13(10-3-5-11(20-2)6-4-10)17-15(22-9)18-14(19)12-7-21-8-16-12/h3-6,12,16H,7-8H2,1-2H3,(H,17,18,19). The fraction of sp³-hybridized carbons (Fsp3) is 0.333. The Bertz CT molecular complexity index is 664. The number of aromatic nitrogens is 1. The van der Waals surface area contributed by atoms with Crippen LogP contribution in [0.5, 0.6) is 5.75 Å². The van der Waals surface area contributed by atoms with Gasteiger partial charge in [-0.15, -0.1) is 23.1 Å². The summed E-state index contributed by atoms with van der Waals surface area (Å²) in [5.74, 6) is 2.43. The largest absolute Gasteiger partial charge is 0.497 e. The molecule has 116 valence electrons. The summed E-state index contributed by atoms with van der Waals surface area (Å²) in [6.07, 6.45) is 0. The highest BCUT2D eigenvalue weighted by Gasteiger charge is 2.23. The number of methoxy groups -OCH3 is 1. The van der Waals surface area contributed by atoms with Gasteiger partial charge in [0, 0.05) is 22.1 Å². The summed E-state index contributed by atoms with van der Waals surface area (Å²) in [4.78, 5) is 17.8. The normalized spacial score (nSPS) is 17.5. The zero-order valence-corrected chi connectivity index (χ0v) is 14.0. The van der Waals surface area contributed by atoms with Crippen LogP contribution in [0.1, 0.15) is 4.88 Å². The third kappa shape index (κ3) is 3.26. The molecule has 2 aromatic rings. The molecule has 1 amide bonds. The number of nitrogens with zero attached hydrogens (tertiary/aromatic N) is 1. The first-order valence-corrected chi connectivity index (χ1v) is 8.88. The third-order valence-corrected chi connectivity index (χ3v) is 5.25. The van der Waals surface area contributed by atoms with E-state index in [4.69, 9.17) is 4.74 Å². The molecule has 0 bridgehead atoms. The van der Waals surface area contributed by atoms with Crippen molar-refractivity contribution < 1.29 is 9.53 Å². The molecule has 7 heteroatoms. The summed E-state index contributed by atoms with van der Waals surface area (Å²) in [6, 6.07) is 7.64. The molecule has 0 saturated carbocycles. The molecule has 2 heterocycles. The number of benzene rings is 1. The number of carbonyl (C=O) groups excluding carboxylic acids is 1. The highest BCUT2D eigenvalue weighted by molar-refractivity contribution is 7.99. The minimum Gasteiger partial charge on any atom is -0.497 e. The van der Waals surface area contributed by atoms with E-state index < -0.39 is 0 Å². The van der Waals surface area contributed by atoms with Crippen molar-refractivity contribution in [3.8, 4) is 17.0 Å². The third-order valence-electron chi connectivity index (χ3n) is 3.42. The van der Waals surface area contributed by atoms with E-state index in [-0.39, 0.29) is 11.9 Å². The number of hydrogen-bond acceptors (Lipinski definition) is 6. The molecular formula is C15H17N3O2S2. The Balaban J connectivity index is 1.76. The summed E-state index contributed by atoms with van der Waals surface area (Å²) in [7, 11) is 1.64. The average molecular weight is 335 g/mol. The maximum absolute atomic E-state index is 12.1. The number of carbonyl (C=O) groups is 1. The molecule has 1 aromatic heterocycles. The molecule has 1 aliphatic heterocycles. The lowest BCUT2D eigenvalue weighted by atomic mass is 10.1. The van der Waals surface area contributed by atoms with Gasteiger partial charge in [-0.1, -0.05) is 0 Å². The van der Waals surface area contributed by atoms with Gasteiger partial charge in [0.1, 0.15) is 5.75 Å². The van der Waals surface area contributed by atoms with Gasteiger partial charge in [-0.3, -0.25) is 10.1 Å². The van der Waals surface area contributed by atoms with E-state index in [1.54, 1.807) is 18.9 Å². The molecule has 1 fully saturated rings. The Hall–Kier alpha value is -1.57. The van der Waals surface area contributed by atoms with Crippen molar-refractivity contribution in [3.63, 3.8) is 0 Å². The van der Waals surface area contributed by atoms with Crippen LogP contribution in [0.15, 0.2) is 24.3 Å². The lowest BCUT2D eigenvalue weighted by Gasteiger charge is -2.07. The van der Waals surface area contributed by atoms with Crippen LogP contribution >= 0.6 is 23.1 Å². The van der Waals surface area contributed by atoms with Crippen molar-refractivity contribution in [3.05, 3.63) is 29.1 Å². The molecular weight excluding hydrogens is 318 g/mol. The number of rotatable bonds is 4. The molecule has 5 nitrogen and oxygen atoms in total. The van der Waals surface area contributed by atoms with Crippen molar-refractivity contribution in [2.45, 2.75) is 13.0 Å². The lowest BCUT2D eigenvalue weighted by molar-refractivity contribution is -0.117. The molecule has 22 heavy (non-hydrogen) atoms. The van der Waals surface area contributed by atoms with Gasteiger partial charge in [-0.2, -0.15) is 0 Å². The van der Waals surface area contributed by atoms with E-state index in [1.807, 2.05) is 31.2 Å². The number of amides is 1. The predicted molar refractivity (Wildman–Crippen MR) is 91.7 cm³/mol.